The molecule has 2 aliphatic carbocycles. The molecule has 0 radical (unpaired) electrons. The smallest absolute Gasteiger partial charge is 0.119 e. The third-order valence-electron chi connectivity index (χ3n) is 6.32. The molecular formula is C18H25BrNO-. The van der Waals surface area contributed by atoms with Crippen molar-refractivity contribution >= 4 is 0 Å². The number of rotatable bonds is 1. The molecule has 0 aromatic heterocycles. The number of nitrogens with zero attached hydrogens (tertiary/aromatic N) is 1. The first kappa shape index (κ1) is 15.4. The van der Waals surface area contributed by atoms with Crippen LogP contribution in [0, 0.1) is 5.92 Å². The first-order valence-electron chi connectivity index (χ1n) is 8.12. The largest absolute Gasteiger partial charge is 1.00 e. The lowest BCUT2D eigenvalue weighted by Gasteiger charge is -2.58. The van der Waals surface area contributed by atoms with Crippen molar-refractivity contribution in [3.63, 3.8) is 0 Å². The van der Waals surface area contributed by atoms with Crippen LogP contribution in [0.15, 0.2) is 18.2 Å². The van der Waals surface area contributed by atoms with Crippen LogP contribution in [-0.2, 0) is 11.8 Å². The van der Waals surface area contributed by atoms with Crippen LogP contribution in [0.5, 0.6) is 5.75 Å². The Morgan fingerprint density at radius 1 is 1.24 bits per heavy atom. The van der Waals surface area contributed by atoms with E-state index in [0.717, 1.165) is 17.7 Å². The van der Waals surface area contributed by atoms with Gasteiger partial charge in [0.25, 0.3) is 0 Å². The second-order valence-corrected chi connectivity index (χ2v) is 7.03. The molecule has 2 fully saturated rings. The minimum Gasteiger partial charge on any atom is -1.00 e. The summed E-state index contributed by atoms with van der Waals surface area (Å²) in [6.07, 6.45) is 8.22. The summed E-state index contributed by atoms with van der Waals surface area (Å²) in [5.41, 5.74) is 3.67. The summed E-state index contributed by atoms with van der Waals surface area (Å²) in [4.78, 5) is 2.63. The lowest BCUT2D eigenvalue weighted by Crippen LogP contribution is -3.00. The average Bonchev–Trinajstić information content (AvgIpc) is 2.50. The fourth-order valence-electron chi connectivity index (χ4n) is 5.30. The van der Waals surface area contributed by atoms with Gasteiger partial charge in [0, 0.05) is 11.5 Å². The zero-order chi connectivity index (χ0) is 13.7. The minimum atomic E-state index is 0. The summed E-state index contributed by atoms with van der Waals surface area (Å²) in [6.45, 7) is 1.26. The van der Waals surface area contributed by atoms with Crippen molar-refractivity contribution in [1.29, 1.82) is 0 Å². The summed E-state index contributed by atoms with van der Waals surface area (Å²) >= 11 is 0. The standard InChI is InChI=1S/C18H25NO.BrH/c1-19-10-9-18-8-4-3-5-15(18)17(19)11-13-6-7-14(20-2)12-16(13)18;/h6-7,12,15,17H,3-5,8-11H2,1-2H3;1H/p-1. The van der Waals surface area contributed by atoms with Crippen molar-refractivity contribution in [1.82, 2.24) is 4.90 Å². The fourth-order valence-corrected chi connectivity index (χ4v) is 5.30. The number of likely N-dealkylation sites (N-methyl/N-ethyl adjacent to an activating group) is 1. The van der Waals surface area contributed by atoms with Gasteiger partial charge >= 0.3 is 0 Å². The number of ether oxygens (including phenoxy) is 1. The van der Waals surface area contributed by atoms with E-state index in [0.29, 0.717) is 5.41 Å². The van der Waals surface area contributed by atoms with Crippen LogP contribution >= 0.6 is 0 Å². The Balaban J connectivity index is 0.00000132. The molecule has 3 unspecified atom stereocenters. The summed E-state index contributed by atoms with van der Waals surface area (Å²) in [7, 11) is 4.12. The van der Waals surface area contributed by atoms with Gasteiger partial charge in [0.2, 0.25) is 0 Å². The molecule has 4 rings (SSSR count). The molecule has 116 valence electrons. The van der Waals surface area contributed by atoms with Crippen LogP contribution in [0.25, 0.3) is 0 Å². The van der Waals surface area contributed by atoms with Crippen LogP contribution in [0.1, 0.15) is 43.2 Å². The maximum Gasteiger partial charge on any atom is 0.119 e. The lowest BCUT2D eigenvalue weighted by atomic mass is 9.52. The first-order valence-corrected chi connectivity index (χ1v) is 8.12. The quantitative estimate of drug-likeness (QED) is 0.726. The number of fused-ring (bicyclic) bond motifs is 1. The van der Waals surface area contributed by atoms with Gasteiger partial charge in [-0.15, -0.1) is 0 Å². The van der Waals surface area contributed by atoms with Crippen LogP contribution in [0.2, 0.25) is 0 Å². The van der Waals surface area contributed by atoms with Crippen LogP contribution < -0.4 is 21.7 Å². The third-order valence-corrected chi connectivity index (χ3v) is 6.32. The highest BCUT2D eigenvalue weighted by molar-refractivity contribution is 5.45. The predicted molar refractivity (Wildman–Crippen MR) is 81.4 cm³/mol. The molecule has 0 N–H and O–H groups in total. The van der Waals surface area contributed by atoms with Crippen LogP contribution in [0.3, 0.4) is 0 Å². The van der Waals surface area contributed by atoms with Crippen molar-refractivity contribution in [3.8, 4) is 5.75 Å². The van der Waals surface area contributed by atoms with Gasteiger partial charge < -0.3 is 26.6 Å². The van der Waals surface area contributed by atoms with Crippen molar-refractivity contribution in [2.75, 3.05) is 20.7 Å². The van der Waals surface area contributed by atoms with Crippen molar-refractivity contribution in [3.05, 3.63) is 29.3 Å². The molecule has 1 saturated carbocycles. The van der Waals surface area contributed by atoms with E-state index in [4.69, 9.17) is 4.74 Å². The maximum absolute atomic E-state index is 5.51. The molecule has 1 aliphatic heterocycles. The van der Waals surface area contributed by atoms with Crippen LogP contribution in [-0.4, -0.2) is 31.6 Å². The topological polar surface area (TPSA) is 12.5 Å². The Labute approximate surface area is 138 Å². The van der Waals surface area contributed by atoms with E-state index in [1.807, 2.05) is 0 Å². The van der Waals surface area contributed by atoms with Gasteiger partial charge in [0.05, 0.1) is 7.11 Å². The van der Waals surface area contributed by atoms with E-state index in [9.17, 15) is 0 Å². The number of piperidine rings is 1. The van der Waals surface area contributed by atoms with Crippen LogP contribution in [0.4, 0.5) is 0 Å². The molecular weight excluding hydrogens is 326 g/mol. The normalized spacial score (nSPS) is 34.4. The number of benzene rings is 1. The second kappa shape index (κ2) is 5.58. The molecule has 3 heteroatoms. The molecule has 0 spiro atoms. The molecule has 1 heterocycles. The van der Waals surface area contributed by atoms with Gasteiger partial charge in [-0.1, -0.05) is 18.9 Å². The van der Waals surface area contributed by atoms with E-state index in [1.54, 1.807) is 18.2 Å². The Kier molecular flexibility index (Phi) is 4.08. The summed E-state index contributed by atoms with van der Waals surface area (Å²) in [5.74, 6) is 1.91. The molecule has 1 aromatic rings. The Hall–Kier alpha value is -0.540. The number of likely N-dealkylation sites (tertiary alicyclic amines) is 1. The number of hydrogen-bond donors (Lipinski definition) is 0. The molecule has 3 atom stereocenters. The fraction of sp³-hybridized carbons (Fsp3) is 0.667. The summed E-state index contributed by atoms with van der Waals surface area (Å²) < 4.78 is 5.51. The molecule has 3 aliphatic rings. The Morgan fingerprint density at radius 2 is 2.10 bits per heavy atom. The van der Waals surface area contributed by atoms with E-state index >= 15 is 0 Å². The molecule has 2 bridgehead atoms. The van der Waals surface area contributed by atoms with E-state index in [-0.39, 0.29) is 17.0 Å². The Bertz CT molecular complexity index is 532. The predicted octanol–water partition coefficient (Wildman–Crippen LogP) is 0.387. The van der Waals surface area contributed by atoms with E-state index in [2.05, 4.69) is 30.1 Å². The van der Waals surface area contributed by atoms with Gasteiger partial charge in [-0.25, -0.2) is 0 Å². The number of halogens is 1. The molecule has 1 saturated heterocycles. The molecule has 0 amide bonds. The highest BCUT2D eigenvalue weighted by Gasteiger charge is 2.53. The number of methoxy groups -OCH3 is 1. The van der Waals surface area contributed by atoms with Gasteiger partial charge in [-0.05, 0) is 68.5 Å². The second-order valence-electron chi connectivity index (χ2n) is 7.03. The van der Waals surface area contributed by atoms with Gasteiger partial charge in [-0.2, -0.15) is 0 Å². The van der Waals surface area contributed by atoms with Crippen molar-refractivity contribution < 1.29 is 21.7 Å². The highest BCUT2D eigenvalue weighted by atomic mass is 79.9. The Morgan fingerprint density at radius 3 is 2.90 bits per heavy atom. The number of hydrogen-bond acceptors (Lipinski definition) is 2. The summed E-state index contributed by atoms with van der Waals surface area (Å²) in [5, 5.41) is 0. The zero-order valence-electron chi connectivity index (χ0n) is 13.1. The highest BCUT2D eigenvalue weighted by Crippen LogP contribution is 2.55. The molecule has 2 nitrogen and oxygen atoms in total. The van der Waals surface area contributed by atoms with Gasteiger partial charge in [-0.3, -0.25) is 0 Å². The zero-order valence-corrected chi connectivity index (χ0v) is 14.7. The van der Waals surface area contributed by atoms with E-state index < -0.39 is 0 Å². The minimum absolute atomic E-state index is 0. The summed E-state index contributed by atoms with van der Waals surface area (Å²) in [6, 6.07) is 7.60. The molecule has 21 heavy (non-hydrogen) atoms. The van der Waals surface area contributed by atoms with Crippen molar-refractivity contribution in [2.45, 2.75) is 50.0 Å². The van der Waals surface area contributed by atoms with E-state index in [1.165, 1.54) is 45.1 Å². The first-order chi connectivity index (χ1) is 9.74. The third kappa shape index (κ3) is 2.16. The lowest BCUT2D eigenvalue weighted by molar-refractivity contribution is -0.0000107. The SMILES string of the molecule is COc1ccc2c(c1)C13CCCCC1C(C2)N(C)CC3.[Br-]. The van der Waals surface area contributed by atoms with Gasteiger partial charge in [0.15, 0.2) is 0 Å². The monoisotopic (exact) mass is 350 g/mol. The maximum atomic E-state index is 5.51. The average molecular weight is 351 g/mol. The molecule has 1 aromatic carbocycles. The van der Waals surface area contributed by atoms with Crippen molar-refractivity contribution in [2.24, 2.45) is 5.92 Å². The van der Waals surface area contributed by atoms with Gasteiger partial charge in [0.1, 0.15) is 5.75 Å².